The third-order valence-corrected chi connectivity index (χ3v) is 3.79. The van der Waals surface area contributed by atoms with Gasteiger partial charge in [0, 0.05) is 31.5 Å². The van der Waals surface area contributed by atoms with E-state index in [0.29, 0.717) is 10.8 Å². The van der Waals surface area contributed by atoms with E-state index in [2.05, 4.69) is 30.2 Å². The van der Waals surface area contributed by atoms with Gasteiger partial charge in [0.15, 0.2) is 5.82 Å². The van der Waals surface area contributed by atoms with Crippen LogP contribution in [0.15, 0.2) is 24.8 Å². The summed E-state index contributed by atoms with van der Waals surface area (Å²) in [4.78, 5) is 18.7. The van der Waals surface area contributed by atoms with Gasteiger partial charge in [-0.05, 0) is 18.9 Å². The Morgan fingerprint density at radius 2 is 2.05 bits per heavy atom. The molecule has 0 aliphatic carbocycles. The Bertz CT molecular complexity index is 607. The number of halogens is 1. The third kappa shape index (κ3) is 3.13. The van der Waals surface area contributed by atoms with Crippen LogP contribution >= 0.6 is 11.6 Å². The van der Waals surface area contributed by atoms with Crippen LogP contribution in [0.5, 0.6) is 0 Å². The monoisotopic (exact) mass is 305 g/mol. The molecule has 2 aromatic rings. The van der Waals surface area contributed by atoms with Crippen molar-refractivity contribution in [2.24, 2.45) is 0 Å². The number of nitrogens with zero attached hydrogens (tertiary/aromatic N) is 5. The van der Waals surface area contributed by atoms with Crippen molar-refractivity contribution < 1.29 is 0 Å². The summed E-state index contributed by atoms with van der Waals surface area (Å²) in [5.41, 5.74) is 5.69. The molecule has 0 aromatic carbocycles. The zero-order valence-corrected chi connectivity index (χ0v) is 12.2. The lowest BCUT2D eigenvalue weighted by molar-refractivity contribution is 0.521. The van der Waals surface area contributed by atoms with E-state index in [4.69, 9.17) is 17.3 Å². The molecule has 1 fully saturated rings. The van der Waals surface area contributed by atoms with Crippen molar-refractivity contribution in [3.05, 3.63) is 29.8 Å². The highest BCUT2D eigenvalue weighted by molar-refractivity contribution is 6.35. The molecule has 21 heavy (non-hydrogen) atoms. The predicted molar refractivity (Wildman–Crippen MR) is 82.3 cm³/mol. The van der Waals surface area contributed by atoms with Gasteiger partial charge in [-0.1, -0.05) is 11.6 Å². The Hall–Kier alpha value is -2.15. The van der Waals surface area contributed by atoms with Gasteiger partial charge in [-0.25, -0.2) is 19.9 Å². The van der Waals surface area contributed by atoms with Gasteiger partial charge < -0.3 is 16.0 Å². The second-order valence-corrected chi connectivity index (χ2v) is 5.28. The maximum absolute atomic E-state index is 6.12. The van der Waals surface area contributed by atoms with E-state index in [9.17, 15) is 0 Å². The molecule has 1 aliphatic heterocycles. The molecule has 2 aromatic heterocycles. The Morgan fingerprint density at radius 1 is 1.24 bits per heavy atom. The predicted octanol–water partition coefficient (Wildman–Crippen LogP) is 1.58. The van der Waals surface area contributed by atoms with Crippen molar-refractivity contribution in [3.8, 4) is 0 Å². The SMILES string of the molecule is Nc1ncnc(NC2CCCN(c3ncccn3)C2)c1Cl. The highest BCUT2D eigenvalue weighted by Gasteiger charge is 2.22. The zero-order chi connectivity index (χ0) is 14.7. The molecule has 3 N–H and O–H groups in total. The molecular weight excluding hydrogens is 290 g/mol. The molecule has 8 heteroatoms. The molecule has 0 saturated carbocycles. The Labute approximate surface area is 127 Å². The molecule has 1 saturated heterocycles. The van der Waals surface area contributed by atoms with Crippen molar-refractivity contribution in [1.29, 1.82) is 0 Å². The molecule has 0 spiro atoms. The summed E-state index contributed by atoms with van der Waals surface area (Å²) in [5.74, 6) is 1.61. The Morgan fingerprint density at radius 3 is 2.86 bits per heavy atom. The number of piperidine rings is 1. The lowest BCUT2D eigenvalue weighted by Crippen LogP contribution is -2.43. The summed E-state index contributed by atoms with van der Waals surface area (Å²) >= 11 is 6.12. The molecule has 1 atom stereocenters. The number of aromatic nitrogens is 4. The number of hydrogen-bond acceptors (Lipinski definition) is 7. The first-order valence-corrected chi connectivity index (χ1v) is 7.16. The minimum atomic E-state index is 0.217. The standard InChI is InChI=1S/C13H16ClN7/c14-10-11(15)18-8-19-12(10)20-9-3-1-6-21(7-9)13-16-4-2-5-17-13/h2,4-5,8-9H,1,3,6-7H2,(H3,15,18,19,20). The van der Waals surface area contributed by atoms with Gasteiger partial charge in [0.25, 0.3) is 0 Å². The third-order valence-electron chi connectivity index (χ3n) is 3.41. The van der Waals surface area contributed by atoms with Crippen molar-refractivity contribution in [1.82, 2.24) is 19.9 Å². The Balaban J connectivity index is 1.70. The van der Waals surface area contributed by atoms with Crippen LogP contribution in [0.3, 0.4) is 0 Å². The topological polar surface area (TPSA) is 92.8 Å². The first-order chi connectivity index (χ1) is 10.2. The lowest BCUT2D eigenvalue weighted by Gasteiger charge is -2.33. The van der Waals surface area contributed by atoms with Crippen LogP contribution < -0.4 is 16.0 Å². The average Bonchev–Trinajstić information content (AvgIpc) is 2.53. The number of nitrogen functional groups attached to an aromatic ring is 1. The molecule has 1 aliphatic rings. The number of nitrogens with one attached hydrogen (secondary N) is 1. The van der Waals surface area contributed by atoms with E-state index in [0.717, 1.165) is 31.9 Å². The van der Waals surface area contributed by atoms with E-state index in [1.807, 2.05) is 6.07 Å². The fourth-order valence-electron chi connectivity index (χ4n) is 2.41. The minimum absolute atomic E-state index is 0.217. The van der Waals surface area contributed by atoms with Crippen LogP contribution in [0.2, 0.25) is 5.02 Å². The molecule has 0 amide bonds. The summed E-state index contributed by atoms with van der Waals surface area (Å²) in [6, 6.07) is 2.03. The highest BCUT2D eigenvalue weighted by Crippen LogP contribution is 2.25. The normalized spacial score (nSPS) is 18.5. The maximum atomic E-state index is 6.12. The van der Waals surface area contributed by atoms with Crippen LogP contribution in [-0.4, -0.2) is 39.1 Å². The number of rotatable bonds is 3. The second-order valence-electron chi connectivity index (χ2n) is 4.90. The van der Waals surface area contributed by atoms with Gasteiger partial charge in [0.2, 0.25) is 5.95 Å². The summed E-state index contributed by atoms with van der Waals surface area (Å²) in [5, 5.41) is 3.70. The smallest absolute Gasteiger partial charge is 0.225 e. The van der Waals surface area contributed by atoms with E-state index in [1.54, 1.807) is 12.4 Å². The van der Waals surface area contributed by atoms with Gasteiger partial charge in [-0.15, -0.1) is 0 Å². The van der Waals surface area contributed by atoms with Crippen LogP contribution in [-0.2, 0) is 0 Å². The molecule has 7 nitrogen and oxygen atoms in total. The van der Waals surface area contributed by atoms with Crippen LogP contribution in [0, 0.1) is 0 Å². The van der Waals surface area contributed by atoms with E-state index >= 15 is 0 Å². The fraction of sp³-hybridized carbons (Fsp3) is 0.385. The molecule has 1 unspecified atom stereocenters. The van der Waals surface area contributed by atoms with E-state index < -0.39 is 0 Å². The largest absolute Gasteiger partial charge is 0.382 e. The number of anilines is 3. The van der Waals surface area contributed by atoms with Crippen LogP contribution in [0.25, 0.3) is 0 Å². The fourth-order valence-corrected chi connectivity index (χ4v) is 2.56. The number of nitrogens with two attached hydrogens (primary N) is 1. The molecule has 0 radical (unpaired) electrons. The first kappa shape index (κ1) is 13.8. The average molecular weight is 306 g/mol. The molecular formula is C13H16ClN7. The van der Waals surface area contributed by atoms with Crippen LogP contribution in [0.4, 0.5) is 17.6 Å². The van der Waals surface area contributed by atoms with E-state index in [1.165, 1.54) is 6.33 Å². The van der Waals surface area contributed by atoms with Crippen molar-refractivity contribution in [2.45, 2.75) is 18.9 Å². The minimum Gasteiger partial charge on any atom is -0.382 e. The molecule has 110 valence electrons. The molecule has 3 rings (SSSR count). The van der Waals surface area contributed by atoms with Gasteiger partial charge in [-0.2, -0.15) is 0 Å². The molecule has 3 heterocycles. The summed E-state index contributed by atoms with van der Waals surface area (Å²) < 4.78 is 0. The highest BCUT2D eigenvalue weighted by atomic mass is 35.5. The van der Waals surface area contributed by atoms with E-state index in [-0.39, 0.29) is 11.9 Å². The Kier molecular flexibility index (Phi) is 4.01. The summed E-state index contributed by atoms with van der Waals surface area (Å²) in [7, 11) is 0. The van der Waals surface area contributed by atoms with Crippen molar-refractivity contribution in [2.75, 3.05) is 29.0 Å². The van der Waals surface area contributed by atoms with Gasteiger partial charge in [-0.3, -0.25) is 0 Å². The lowest BCUT2D eigenvalue weighted by atomic mass is 10.1. The number of hydrogen-bond donors (Lipinski definition) is 2. The van der Waals surface area contributed by atoms with Crippen molar-refractivity contribution in [3.63, 3.8) is 0 Å². The first-order valence-electron chi connectivity index (χ1n) is 6.78. The maximum Gasteiger partial charge on any atom is 0.225 e. The second kappa shape index (κ2) is 6.09. The van der Waals surface area contributed by atoms with Gasteiger partial charge in [0.05, 0.1) is 0 Å². The molecule has 0 bridgehead atoms. The summed E-state index contributed by atoms with van der Waals surface area (Å²) in [6.45, 7) is 1.74. The van der Waals surface area contributed by atoms with Gasteiger partial charge >= 0.3 is 0 Å². The quantitative estimate of drug-likeness (QED) is 0.889. The zero-order valence-electron chi connectivity index (χ0n) is 11.4. The van der Waals surface area contributed by atoms with Crippen molar-refractivity contribution >= 4 is 29.2 Å². The van der Waals surface area contributed by atoms with Crippen LogP contribution in [0.1, 0.15) is 12.8 Å². The van der Waals surface area contributed by atoms with Gasteiger partial charge in [0.1, 0.15) is 17.2 Å². The summed E-state index contributed by atoms with van der Waals surface area (Å²) in [6.07, 6.45) is 6.99.